The van der Waals surface area contributed by atoms with E-state index in [1.807, 2.05) is 42.5 Å². The van der Waals surface area contributed by atoms with Crippen LogP contribution in [0.1, 0.15) is 41.1 Å². The van der Waals surface area contributed by atoms with Gasteiger partial charge in [-0.3, -0.25) is 0 Å². The van der Waals surface area contributed by atoms with Gasteiger partial charge in [0.15, 0.2) is 0 Å². The van der Waals surface area contributed by atoms with E-state index in [2.05, 4.69) is 59.0 Å². The van der Waals surface area contributed by atoms with Gasteiger partial charge in [0, 0.05) is 24.4 Å². The highest BCUT2D eigenvalue weighted by Gasteiger charge is 2.37. The predicted octanol–water partition coefficient (Wildman–Crippen LogP) is 5.08. The molecule has 1 aliphatic rings. The fourth-order valence-corrected chi connectivity index (χ4v) is 3.90. The Kier molecular flexibility index (Phi) is 4.80. The molecule has 0 spiro atoms. The molecule has 4 rings (SSSR count). The van der Waals surface area contributed by atoms with Crippen molar-refractivity contribution in [3.05, 3.63) is 108 Å². The van der Waals surface area contributed by atoms with Crippen molar-refractivity contribution >= 4 is 5.71 Å². The second kappa shape index (κ2) is 7.54. The van der Waals surface area contributed by atoms with Crippen molar-refractivity contribution in [1.82, 2.24) is 5.32 Å². The van der Waals surface area contributed by atoms with Crippen molar-refractivity contribution in [3.63, 3.8) is 0 Å². The van der Waals surface area contributed by atoms with E-state index in [4.69, 9.17) is 0 Å². The van der Waals surface area contributed by atoms with Crippen molar-refractivity contribution in [3.8, 4) is 0 Å². The van der Waals surface area contributed by atoms with E-state index in [1.54, 1.807) is 0 Å². The minimum Gasteiger partial charge on any atom is -0.411 e. The second-order valence-corrected chi connectivity index (χ2v) is 6.70. The molecule has 3 atom stereocenters. The van der Waals surface area contributed by atoms with E-state index in [1.165, 1.54) is 11.1 Å². The molecule has 0 saturated carbocycles. The monoisotopic (exact) mass is 342 g/mol. The van der Waals surface area contributed by atoms with E-state index in [-0.39, 0.29) is 18.0 Å². The van der Waals surface area contributed by atoms with Gasteiger partial charge in [0.1, 0.15) is 0 Å². The summed E-state index contributed by atoms with van der Waals surface area (Å²) in [5, 5.41) is 17.4. The van der Waals surface area contributed by atoms with Gasteiger partial charge < -0.3 is 10.5 Å². The molecule has 0 aliphatic carbocycles. The van der Waals surface area contributed by atoms with E-state index in [0.29, 0.717) is 6.42 Å². The maximum Gasteiger partial charge on any atom is 0.0683 e. The molecule has 26 heavy (non-hydrogen) atoms. The molecule has 1 heterocycles. The lowest BCUT2D eigenvalue weighted by atomic mass is 9.77. The minimum atomic E-state index is 0.00330. The number of benzene rings is 3. The smallest absolute Gasteiger partial charge is 0.0683 e. The molecule has 1 aliphatic heterocycles. The third kappa shape index (κ3) is 3.26. The average Bonchev–Trinajstić information content (AvgIpc) is 2.74. The van der Waals surface area contributed by atoms with Crippen LogP contribution in [-0.4, -0.2) is 10.9 Å². The van der Waals surface area contributed by atoms with Crippen LogP contribution in [0.25, 0.3) is 0 Å². The van der Waals surface area contributed by atoms with E-state index < -0.39 is 0 Å². The molecule has 3 heteroatoms. The SMILES string of the molecule is O/N=C1/C[C@H](c2ccccc2)N[C@H](c2ccccc2)[C@@H]1c1ccccc1. The third-order valence-corrected chi connectivity index (χ3v) is 5.13. The number of hydrogen-bond acceptors (Lipinski definition) is 3. The van der Waals surface area contributed by atoms with Crippen molar-refractivity contribution in [1.29, 1.82) is 0 Å². The van der Waals surface area contributed by atoms with E-state index in [9.17, 15) is 5.21 Å². The highest BCUT2D eigenvalue weighted by molar-refractivity contribution is 5.93. The van der Waals surface area contributed by atoms with Crippen LogP contribution in [0.4, 0.5) is 0 Å². The van der Waals surface area contributed by atoms with Crippen LogP contribution in [-0.2, 0) is 0 Å². The Morgan fingerprint density at radius 1 is 0.692 bits per heavy atom. The molecule has 0 unspecified atom stereocenters. The van der Waals surface area contributed by atoms with Crippen LogP contribution in [0, 0.1) is 0 Å². The predicted molar refractivity (Wildman–Crippen MR) is 105 cm³/mol. The first-order chi connectivity index (χ1) is 12.9. The number of nitrogens with one attached hydrogen (secondary N) is 1. The maximum absolute atomic E-state index is 9.81. The summed E-state index contributed by atoms with van der Waals surface area (Å²) in [5.41, 5.74) is 4.38. The molecule has 1 fully saturated rings. The third-order valence-electron chi connectivity index (χ3n) is 5.13. The minimum absolute atomic E-state index is 0.00330. The molecule has 3 nitrogen and oxygen atoms in total. The van der Waals surface area contributed by atoms with Crippen LogP contribution in [0.5, 0.6) is 0 Å². The summed E-state index contributed by atoms with van der Waals surface area (Å²) in [7, 11) is 0. The fourth-order valence-electron chi connectivity index (χ4n) is 3.90. The van der Waals surface area contributed by atoms with Gasteiger partial charge in [0.2, 0.25) is 0 Å². The summed E-state index contributed by atoms with van der Waals surface area (Å²) >= 11 is 0. The number of hydrogen-bond donors (Lipinski definition) is 2. The Morgan fingerprint density at radius 3 is 1.73 bits per heavy atom. The lowest BCUT2D eigenvalue weighted by Gasteiger charge is -2.39. The average molecular weight is 342 g/mol. The van der Waals surface area contributed by atoms with Crippen LogP contribution < -0.4 is 5.32 Å². The van der Waals surface area contributed by atoms with Gasteiger partial charge in [-0.25, -0.2) is 0 Å². The number of nitrogens with zero attached hydrogens (tertiary/aromatic N) is 1. The molecule has 130 valence electrons. The summed E-state index contributed by atoms with van der Waals surface area (Å²) in [6.45, 7) is 0. The highest BCUT2D eigenvalue weighted by Crippen LogP contribution is 2.41. The molecule has 0 amide bonds. The Balaban J connectivity index is 1.78. The van der Waals surface area contributed by atoms with Gasteiger partial charge in [0.25, 0.3) is 0 Å². The zero-order valence-electron chi connectivity index (χ0n) is 14.5. The lowest BCUT2D eigenvalue weighted by Crippen LogP contribution is -2.41. The van der Waals surface area contributed by atoms with E-state index in [0.717, 1.165) is 11.3 Å². The first kappa shape index (κ1) is 16.6. The van der Waals surface area contributed by atoms with Crippen LogP contribution >= 0.6 is 0 Å². The van der Waals surface area contributed by atoms with Crippen molar-refractivity contribution in [2.24, 2.45) is 5.16 Å². The van der Waals surface area contributed by atoms with Crippen molar-refractivity contribution in [2.45, 2.75) is 24.4 Å². The Labute approximate surface area is 154 Å². The van der Waals surface area contributed by atoms with Gasteiger partial charge >= 0.3 is 0 Å². The number of rotatable bonds is 3. The van der Waals surface area contributed by atoms with Crippen LogP contribution in [0.2, 0.25) is 0 Å². The Morgan fingerprint density at radius 2 is 1.19 bits per heavy atom. The van der Waals surface area contributed by atoms with Gasteiger partial charge in [-0.2, -0.15) is 0 Å². The molecule has 0 bridgehead atoms. The molecule has 1 saturated heterocycles. The molecular weight excluding hydrogens is 320 g/mol. The summed E-state index contributed by atoms with van der Waals surface area (Å²) in [4.78, 5) is 0. The molecule has 0 radical (unpaired) electrons. The summed E-state index contributed by atoms with van der Waals surface area (Å²) < 4.78 is 0. The number of oxime groups is 1. The Bertz CT molecular complexity index is 862. The summed E-state index contributed by atoms with van der Waals surface area (Å²) in [5.74, 6) is 0.00330. The molecular formula is C23H22N2O. The van der Waals surface area contributed by atoms with Crippen LogP contribution in [0.3, 0.4) is 0 Å². The normalized spacial score (nSPS) is 24.5. The quantitative estimate of drug-likeness (QED) is 0.515. The summed E-state index contributed by atoms with van der Waals surface area (Å²) in [6.07, 6.45) is 0.684. The number of piperidine rings is 1. The summed E-state index contributed by atoms with van der Waals surface area (Å²) in [6, 6.07) is 31.2. The van der Waals surface area contributed by atoms with Crippen molar-refractivity contribution in [2.75, 3.05) is 0 Å². The molecule has 2 N–H and O–H groups in total. The van der Waals surface area contributed by atoms with Gasteiger partial charge in [-0.15, -0.1) is 0 Å². The lowest BCUT2D eigenvalue weighted by molar-refractivity contribution is 0.302. The fraction of sp³-hybridized carbons (Fsp3) is 0.174. The first-order valence-corrected chi connectivity index (χ1v) is 8.98. The second-order valence-electron chi connectivity index (χ2n) is 6.70. The highest BCUT2D eigenvalue weighted by atomic mass is 16.4. The van der Waals surface area contributed by atoms with Gasteiger partial charge in [0.05, 0.1) is 5.71 Å². The van der Waals surface area contributed by atoms with E-state index >= 15 is 0 Å². The van der Waals surface area contributed by atoms with Gasteiger partial charge in [-0.05, 0) is 16.7 Å². The topological polar surface area (TPSA) is 44.6 Å². The first-order valence-electron chi connectivity index (χ1n) is 8.98. The molecule has 0 aromatic heterocycles. The molecule has 3 aromatic carbocycles. The molecule has 3 aromatic rings. The zero-order chi connectivity index (χ0) is 17.8. The standard InChI is InChI=1S/C23H22N2O/c26-25-21-16-20(17-10-4-1-5-11-17)24-23(19-14-8-3-9-15-19)22(21)18-12-6-2-7-13-18/h1-15,20,22-24,26H,16H2/b25-21-/t20-,22-,23-/m1/s1. The maximum atomic E-state index is 9.81. The zero-order valence-corrected chi connectivity index (χ0v) is 14.5. The van der Waals surface area contributed by atoms with Crippen molar-refractivity contribution < 1.29 is 5.21 Å². The largest absolute Gasteiger partial charge is 0.411 e. The Hall–Kier alpha value is -2.91. The van der Waals surface area contributed by atoms with Gasteiger partial charge in [-0.1, -0.05) is 96.2 Å². The van der Waals surface area contributed by atoms with Crippen LogP contribution in [0.15, 0.2) is 96.2 Å².